The summed E-state index contributed by atoms with van der Waals surface area (Å²) in [6.45, 7) is 2.71. The summed E-state index contributed by atoms with van der Waals surface area (Å²) in [5.74, 6) is -0.132. The second-order valence-electron chi connectivity index (χ2n) is 4.21. The van der Waals surface area contributed by atoms with Gasteiger partial charge in [0.05, 0.1) is 11.8 Å². The van der Waals surface area contributed by atoms with Crippen LogP contribution in [0.2, 0.25) is 0 Å². The number of rotatable bonds is 6. The van der Waals surface area contributed by atoms with E-state index < -0.39 is 10.0 Å². The molecule has 0 radical (unpaired) electrons. The number of sulfonamides is 1. The molecule has 0 fully saturated rings. The summed E-state index contributed by atoms with van der Waals surface area (Å²) in [5.41, 5.74) is 1.71. The van der Waals surface area contributed by atoms with Gasteiger partial charge in [0.25, 0.3) is 5.91 Å². The molecule has 0 aliphatic rings. The highest BCUT2D eigenvalue weighted by atomic mass is 127. The zero-order valence-electron chi connectivity index (χ0n) is 10.9. The Hall–Kier alpha value is -0.670. The molecule has 5 nitrogen and oxygen atoms in total. The molecule has 0 aliphatic carbocycles. The van der Waals surface area contributed by atoms with Crippen LogP contribution in [0.25, 0.3) is 0 Å². The van der Waals surface area contributed by atoms with Crippen LogP contribution in [0, 0.1) is 10.5 Å². The van der Waals surface area contributed by atoms with Crippen LogP contribution in [-0.4, -0.2) is 33.7 Å². The normalized spacial score (nSPS) is 11.3. The first-order chi connectivity index (χ1) is 8.81. The third kappa shape index (κ3) is 5.87. The molecular formula is C12H17IN2O3S. The summed E-state index contributed by atoms with van der Waals surface area (Å²) in [6, 6.07) is 5.57. The molecule has 0 saturated carbocycles. The number of benzene rings is 1. The average molecular weight is 396 g/mol. The maximum absolute atomic E-state index is 11.9. The Balaban J connectivity index is 2.42. The van der Waals surface area contributed by atoms with Crippen LogP contribution in [-0.2, 0) is 10.0 Å². The molecule has 0 spiro atoms. The summed E-state index contributed by atoms with van der Waals surface area (Å²) in [4.78, 5) is 11.9. The first-order valence-corrected chi connectivity index (χ1v) is 8.76. The number of hydrogen-bond donors (Lipinski definition) is 2. The van der Waals surface area contributed by atoms with Crippen molar-refractivity contribution in [2.45, 2.75) is 13.3 Å². The molecule has 2 N–H and O–H groups in total. The van der Waals surface area contributed by atoms with Crippen LogP contribution in [0.3, 0.4) is 0 Å². The van der Waals surface area contributed by atoms with Crippen LogP contribution in [0.1, 0.15) is 22.3 Å². The Morgan fingerprint density at radius 3 is 2.63 bits per heavy atom. The lowest BCUT2D eigenvalue weighted by atomic mass is 10.1. The summed E-state index contributed by atoms with van der Waals surface area (Å²) < 4.78 is 25.0. The third-order valence-electron chi connectivity index (χ3n) is 2.44. The molecule has 1 rings (SSSR count). The lowest BCUT2D eigenvalue weighted by Crippen LogP contribution is -2.29. The number of aryl methyl sites for hydroxylation is 1. The predicted molar refractivity (Wildman–Crippen MR) is 83.7 cm³/mol. The van der Waals surface area contributed by atoms with E-state index in [1.807, 2.05) is 19.1 Å². The number of halogens is 1. The van der Waals surface area contributed by atoms with Crippen LogP contribution in [0.15, 0.2) is 18.2 Å². The van der Waals surface area contributed by atoms with Gasteiger partial charge in [-0.3, -0.25) is 4.79 Å². The molecule has 106 valence electrons. The van der Waals surface area contributed by atoms with Crippen molar-refractivity contribution in [1.82, 2.24) is 10.0 Å². The zero-order valence-corrected chi connectivity index (χ0v) is 13.8. The van der Waals surface area contributed by atoms with Gasteiger partial charge >= 0.3 is 0 Å². The highest BCUT2D eigenvalue weighted by Gasteiger charge is 2.10. The minimum atomic E-state index is -3.15. The van der Waals surface area contributed by atoms with E-state index >= 15 is 0 Å². The fraction of sp³-hybridized carbons (Fsp3) is 0.417. The first kappa shape index (κ1) is 16.4. The fourth-order valence-electron chi connectivity index (χ4n) is 1.47. The molecule has 1 amide bonds. The van der Waals surface area contributed by atoms with Crippen molar-refractivity contribution in [3.8, 4) is 0 Å². The van der Waals surface area contributed by atoms with Crippen molar-refractivity contribution in [3.63, 3.8) is 0 Å². The topological polar surface area (TPSA) is 75.3 Å². The molecule has 0 aliphatic heterocycles. The van der Waals surface area contributed by atoms with Gasteiger partial charge in [0.2, 0.25) is 10.0 Å². The first-order valence-electron chi connectivity index (χ1n) is 5.79. The van der Waals surface area contributed by atoms with Crippen molar-refractivity contribution in [2.24, 2.45) is 0 Å². The monoisotopic (exact) mass is 396 g/mol. The van der Waals surface area contributed by atoms with Crippen molar-refractivity contribution in [2.75, 3.05) is 19.3 Å². The fourth-order valence-corrected chi connectivity index (χ4v) is 2.59. The number of amides is 1. The Morgan fingerprint density at radius 1 is 1.32 bits per heavy atom. The van der Waals surface area contributed by atoms with Gasteiger partial charge in [-0.2, -0.15) is 0 Å². The SMILES string of the molecule is Cc1cccc(C(=O)NCCCNS(C)(=O)=O)c1I. The number of carbonyl (C=O) groups excluding carboxylic acids is 1. The van der Waals surface area contributed by atoms with E-state index in [0.29, 0.717) is 25.1 Å². The highest BCUT2D eigenvalue weighted by molar-refractivity contribution is 14.1. The van der Waals surface area contributed by atoms with Crippen molar-refractivity contribution in [1.29, 1.82) is 0 Å². The molecule has 7 heteroatoms. The minimum Gasteiger partial charge on any atom is -0.352 e. The highest BCUT2D eigenvalue weighted by Crippen LogP contribution is 2.16. The van der Waals surface area contributed by atoms with Gasteiger partial charge in [0, 0.05) is 16.7 Å². The number of nitrogens with one attached hydrogen (secondary N) is 2. The van der Waals surface area contributed by atoms with Crippen molar-refractivity contribution < 1.29 is 13.2 Å². The second-order valence-corrected chi connectivity index (χ2v) is 7.12. The Labute approximate surface area is 127 Å². The summed E-state index contributed by atoms with van der Waals surface area (Å²) in [7, 11) is -3.15. The second kappa shape index (κ2) is 7.20. The molecule has 1 aromatic carbocycles. The van der Waals surface area contributed by atoms with Gasteiger partial charge in [0.1, 0.15) is 0 Å². The standard InChI is InChI=1S/C12H17IN2O3S/c1-9-5-3-6-10(11(9)13)12(16)14-7-4-8-15-19(2,17)18/h3,5-6,15H,4,7-8H2,1-2H3,(H,14,16). The number of hydrogen-bond acceptors (Lipinski definition) is 3. The largest absolute Gasteiger partial charge is 0.352 e. The van der Waals surface area contributed by atoms with E-state index in [2.05, 4.69) is 32.6 Å². The van der Waals surface area contributed by atoms with E-state index in [4.69, 9.17) is 0 Å². The lowest BCUT2D eigenvalue weighted by Gasteiger charge is -2.08. The maximum Gasteiger partial charge on any atom is 0.252 e. The summed E-state index contributed by atoms with van der Waals surface area (Å²) in [6.07, 6.45) is 1.67. The van der Waals surface area contributed by atoms with Gasteiger partial charge < -0.3 is 5.32 Å². The molecule has 1 aromatic rings. The smallest absolute Gasteiger partial charge is 0.252 e. The van der Waals surface area contributed by atoms with Crippen LogP contribution in [0.5, 0.6) is 0 Å². The number of carbonyl (C=O) groups is 1. The lowest BCUT2D eigenvalue weighted by molar-refractivity contribution is 0.0952. The molecule has 0 heterocycles. The Morgan fingerprint density at radius 2 is 2.00 bits per heavy atom. The van der Waals surface area contributed by atoms with Gasteiger partial charge in [-0.15, -0.1) is 0 Å². The van der Waals surface area contributed by atoms with Gasteiger partial charge in [-0.25, -0.2) is 13.1 Å². The van der Waals surface area contributed by atoms with E-state index in [9.17, 15) is 13.2 Å². The van der Waals surface area contributed by atoms with Crippen LogP contribution in [0.4, 0.5) is 0 Å². The maximum atomic E-state index is 11.9. The summed E-state index contributed by atoms with van der Waals surface area (Å²) in [5, 5.41) is 2.77. The van der Waals surface area contributed by atoms with Gasteiger partial charge in [0.15, 0.2) is 0 Å². The van der Waals surface area contributed by atoms with Crippen LogP contribution >= 0.6 is 22.6 Å². The molecular weight excluding hydrogens is 379 g/mol. The van der Waals surface area contributed by atoms with E-state index in [-0.39, 0.29) is 5.91 Å². The van der Waals surface area contributed by atoms with E-state index in [1.54, 1.807) is 6.07 Å². The van der Waals surface area contributed by atoms with Crippen molar-refractivity contribution in [3.05, 3.63) is 32.9 Å². The minimum absolute atomic E-state index is 0.132. The molecule has 0 bridgehead atoms. The molecule has 0 aromatic heterocycles. The predicted octanol–water partition coefficient (Wildman–Crippen LogP) is 1.27. The van der Waals surface area contributed by atoms with Crippen molar-refractivity contribution >= 4 is 38.5 Å². The zero-order chi connectivity index (χ0) is 14.5. The molecule has 0 unspecified atom stereocenters. The Kier molecular flexibility index (Phi) is 6.21. The van der Waals surface area contributed by atoms with E-state index in [0.717, 1.165) is 15.4 Å². The molecule has 0 saturated heterocycles. The quantitative estimate of drug-likeness (QED) is 0.562. The Bertz CT molecular complexity index is 558. The molecule has 0 atom stereocenters. The van der Waals surface area contributed by atoms with Gasteiger partial charge in [-0.1, -0.05) is 12.1 Å². The van der Waals surface area contributed by atoms with E-state index in [1.165, 1.54) is 0 Å². The third-order valence-corrected chi connectivity index (χ3v) is 4.60. The summed E-state index contributed by atoms with van der Waals surface area (Å²) >= 11 is 2.15. The van der Waals surface area contributed by atoms with Gasteiger partial charge in [-0.05, 0) is 47.6 Å². The molecule has 19 heavy (non-hydrogen) atoms. The average Bonchev–Trinajstić information content (AvgIpc) is 2.30. The van der Waals surface area contributed by atoms with Crippen LogP contribution < -0.4 is 10.0 Å².